The molecule has 0 bridgehead atoms. The molecule has 47 heavy (non-hydrogen) atoms. The SMILES string of the molecule is C=C/C(C(=C)CC)=C(/C=C\C)c1ccc(-c2c(C=C)c(C=C)c(-c3cccc(C=C)c3C=C)c3ccc(-c4ccccc4)cc23)cc1. The number of allylic oxidation sites excluding steroid dienone is 6. The number of hydrogen-bond acceptors (Lipinski definition) is 0. The highest BCUT2D eigenvalue weighted by Crippen LogP contribution is 2.46. The van der Waals surface area contributed by atoms with Crippen molar-refractivity contribution >= 4 is 40.6 Å². The van der Waals surface area contributed by atoms with Gasteiger partial charge in [-0.25, -0.2) is 0 Å². The predicted octanol–water partition coefficient (Wildman–Crippen LogP) is 13.9. The van der Waals surface area contributed by atoms with Gasteiger partial charge in [0, 0.05) is 0 Å². The third kappa shape index (κ3) is 6.11. The summed E-state index contributed by atoms with van der Waals surface area (Å²) in [6.07, 6.45) is 14.7. The second kappa shape index (κ2) is 14.6. The van der Waals surface area contributed by atoms with Crippen LogP contribution in [0.2, 0.25) is 0 Å². The van der Waals surface area contributed by atoms with E-state index in [2.05, 4.69) is 150 Å². The summed E-state index contributed by atoms with van der Waals surface area (Å²) < 4.78 is 0. The van der Waals surface area contributed by atoms with Crippen LogP contribution in [0.25, 0.3) is 74.0 Å². The monoisotopic (exact) mass is 606 g/mol. The van der Waals surface area contributed by atoms with Gasteiger partial charge in [-0.2, -0.15) is 0 Å². The van der Waals surface area contributed by atoms with Gasteiger partial charge in [0.05, 0.1) is 0 Å². The molecule has 0 atom stereocenters. The molecule has 0 amide bonds. The summed E-state index contributed by atoms with van der Waals surface area (Å²) in [5.74, 6) is 0. The third-order valence-corrected chi connectivity index (χ3v) is 8.86. The van der Waals surface area contributed by atoms with Crippen molar-refractivity contribution in [3.05, 3.63) is 188 Å². The number of hydrogen-bond donors (Lipinski definition) is 0. The van der Waals surface area contributed by atoms with Crippen molar-refractivity contribution in [3.8, 4) is 33.4 Å². The van der Waals surface area contributed by atoms with Crippen LogP contribution in [0.4, 0.5) is 0 Å². The maximum atomic E-state index is 4.34. The van der Waals surface area contributed by atoms with Crippen LogP contribution in [0, 0.1) is 0 Å². The fraction of sp³-hybridized carbons (Fsp3) is 0.0638. The van der Waals surface area contributed by atoms with Gasteiger partial charge >= 0.3 is 0 Å². The molecule has 0 radical (unpaired) electrons. The molecule has 0 nitrogen and oxygen atoms in total. The Morgan fingerprint density at radius 3 is 1.87 bits per heavy atom. The van der Waals surface area contributed by atoms with Crippen molar-refractivity contribution in [3.63, 3.8) is 0 Å². The Balaban J connectivity index is 1.89. The molecule has 5 rings (SSSR count). The zero-order chi connectivity index (χ0) is 33.5. The minimum atomic E-state index is 0.860. The Morgan fingerprint density at radius 2 is 1.28 bits per heavy atom. The summed E-state index contributed by atoms with van der Waals surface area (Å²) in [4.78, 5) is 0. The first-order valence-electron chi connectivity index (χ1n) is 16.1. The summed E-state index contributed by atoms with van der Waals surface area (Å²) in [6, 6.07) is 32.4. The number of fused-ring (bicyclic) bond motifs is 1. The largest absolute Gasteiger partial charge is 0.0984 e. The van der Waals surface area contributed by atoms with E-state index in [0.29, 0.717) is 0 Å². The first kappa shape index (κ1) is 32.7. The Labute approximate surface area is 281 Å². The molecule has 0 aromatic heterocycles. The Hall–Kier alpha value is -5.72. The lowest BCUT2D eigenvalue weighted by Crippen LogP contribution is -1.98. The molecular formula is C47H42. The molecule has 0 aliphatic carbocycles. The maximum Gasteiger partial charge on any atom is -0.00203 e. The van der Waals surface area contributed by atoms with Crippen LogP contribution < -0.4 is 0 Å². The lowest BCUT2D eigenvalue weighted by molar-refractivity contribution is 1.14. The van der Waals surface area contributed by atoms with E-state index in [1.807, 2.05) is 37.3 Å². The number of benzene rings is 5. The van der Waals surface area contributed by atoms with Crippen LogP contribution in [0.5, 0.6) is 0 Å². The Bertz CT molecular complexity index is 2090. The topological polar surface area (TPSA) is 0 Å². The number of rotatable bonds is 12. The van der Waals surface area contributed by atoms with Gasteiger partial charge in [0.2, 0.25) is 0 Å². The van der Waals surface area contributed by atoms with Crippen LogP contribution >= 0.6 is 0 Å². The molecule has 0 N–H and O–H groups in total. The van der Waals surface area contributed by atoms with Crippen molar-refractivity contribution in [2.24, 2.45) is 0 Å². The second-order valence-electron chi connectivity index (χ2n) is 11.4. The third-order valence-electron chi connectivity index (χ3n) is 8.86. The van der Waals surface area contributed by atoms with Crippen molar-refractivity contribution in [2.45, 2.75) is 20.3 Å². The van der Waals surface area contributed by atoms with Crippen molar-refractivity contribution in [2.75, 3.05) is 0 Å². The molecule has 0 fully saturated rings. The highest BCUT2D eigenvalue weighted by Gasteiger charge is 2.21. The molecule has 0 aliphatic rings. The Kier molecular flexibility index (Phi) is 10.1. The molecule has 230 valence electrons. The smallest absolute Gasteiger partial charge is 0.00203 e. The van der Waals surface area contributed by atoms with E-state index in [-0.39, 0.29) is 0 Å². The minimum Gasteiger partial charge on any atom is -0.0984 e. The van der Waals surface area contributed by atoms with Gasteiger partial charge in [-0.05, 0) is 108 Å². The lowest BCUT2D eigenvalue weighted by Gasteiger charge is -2.22. The highest BCUT2D eigenvalue weighted by atomic mass is 14.2. The van der Waals surface area contributed by atoms with Crippen molar-refractivity contribution < 1.29 is 0 Å². The molecule has 0 heterocycles. The van der Waals surface area contributed by atoms with Crippen molar-refractivity contribution in [1.82, 2.24) is 0 Å². The zero-order valence-electron chi connectivity index (χ0n) is 27.7. The molecule has 0 heteroatoms. The quantitative estimate of drug-likeness (QED) is 0.124. The molecule has 5 aromatic carbocycles. The molecule has 0 spiro atoms. The second-order valence-corrected chi connectivity index (χ2v) is 11.4. The van der Waals surface area contributed by atoms with E-state index in [1.165, 1.54) is 5.56 Å². The van der Waals surface area contributed by atoms with Gasteiger partial charge in [0.15, 0.2) is 0 Å². The molecule has 0 unspecified atom stereocenters. The first-order valence-corrected chi connectivity index (χ1v) is 16.1. The van der Waals surface area contributed by atoms with E-state index in [4.69, 9.17) is 0 Å². The molecule has 5 aromatic rings. The standard InChI is InChI=1S/C47H42/c1-9-20-42(38(12-4)32(8)10-2)35-25-27-36(28-26-35)46-40(14-6)41(15-7)47(43-24-19-23-33(11-3)39(43)13-5)44-30-29-37(31-45(44)46)34-21-17-16-18-22-34/h9,11-31H,3-8,10H2,1-2H3/b20-9-,42-38+. The van der Waals surface area contributed by atoms with E-state index < -0.39 is 0 Å². The maximum absolute atomic E-state index is 4.34. The van der Waals surface area contributed by atoms with Gasteiger partial charge in [-0.15, -0.1) is 0 Å². The normalized spacial score (nSPS) is 11.6. The first-order chi connectivity index (χ1) is 23.0. The fourth-order valence-corrected chi connectivity index (χ4v) is 6.53. The van der Waals surface area contributed by atoms with Gasteiger partial charge in [-0.3, -0.25) is 0 Å². The minimum absolute atomic E-state index is 0.860. The van der Waals surface area contributed by atoms with Crippen LogP contribution in [0.3, 0.4) is 0 Å². The highest BCUT2D eigenvalue weighted by molar-refractivity contribution is 6.13. The lowest BCUT2D eigenvalue weighted by atomic mass is 9.81. The zero-order valence-corrected chi connectivity index (χ0v) is 27.7. The van der Waals surface area contributed by atoms with Crippen LogP contribution in [-0.4, -0.2) is 0 Å². The summed E-state index contributed by atoms with van der Waals surface area (Å²) in [5, 5.41) is 2.28. The average molecular weight is 607 g/mol. The summed E-state index contributed by atoms with van der Waals surface area (Å²) in [7, 11) is 0. The predicted molar refractivity (Wildman–Crippen MR) is 212 cm³/mol. The molecule has 0 saturated carbocycles. The van der Waals surface area contributed by atoms with E-state index in [0.717, 1.165) is 89.5 Å². The van der Waals surface area contributed by atoms with Gasteiger partial charge in [0.1, 0.15) is 0 Å². The Morgan fingerprint density at radius 1 is 0.617 bits per heavy atom. The summed E-state index contributed by atoms with van der Waals surface area (Å²) in [5.41, 5.74) is 15.3. The van der Waals surface area contributed by atoms with E-state index >= 15 is 0 Å². The van der Waals surface area contributed by atoms with Crippen LogP contribution in [0.15, 0.2) is 160 Å². The van der Waals surface area contributed by atoms with E-state index in [1.54, 1.807) is 0 Å². The van der Waals surface area contributed by atoms with Crippen LogP contribution in [0.1, 0.15) is 48.1 Å². The van der Waals surface area contributed by atoms with Gasteiger partial charge in [0.25, 0.3) is 0 Å². The molecule has 0 saturated heterocycles. The molecule has 0 aliphatic heterocycles. The fourth-order valence-electron chi connectivity index (χ4n) is 6.53. The van der Waals surface area contributed by atoms with Gasteiger partial charge < -0.3 is 0 Å². The van der Waals surface area contributed by atoms with Crippen molar-refractivity contribution in [1.29, 1.82) is 0 Å². The molecular weight excluding hydrogens is 565 g/mol. The summed E-state index contributed by atoms with van der Waals surface area (Å²) >= 11 is 0. The average Bonchev–Trinajstić information content (AvgIpc) is 3.13. The summed E-state index contributed by atoms with van der Waals surface area (Å²) in [6.45, 7) is 29.5. The van der Waals surface area contributed by atoms with E-state index in [9.17, 15) is 0 Å². The van der Waals surface area contributed by atoms with Crippen LogP contribution in [-0.2, 0) is 0 Å². The van der Waals surface area contributed by atoms with Gasteiger partial charge in [-0.1, -0.05) is 174 Å².